The van der Waals surface area contributed by atoms with E-state index < -0.39 is 0 Å². The van der Waals surface area contributed by atoms with Gasteiger partial charge in [-0.2, -0.15) is 0 Å². The van der Waals surface area contributed by atoms with Crippen LogP contribution in [-0.4, -0.2) is 7.11 Å². The molecule has 4 rings (SSSR count). The van der Waals surface area contributed by atoms with E-state index in [1.807, 2.05) is 12.1 Å². The quantitative estimate of drug-likeness (QED) is 0.399. The van der Waals surface area contributed by atoms with E-state index in [0.29, 0.717) is 0 Å². The second kappa shape index (κ2) is 6.68. The predicted molar refractivity (Wildman–Crippen MR) is 111 cm³/mol. The van der Waals surface area contributed by atoms with Gasteiger partial charge in [0, 0.05) is 0 Å². The van der Waals surface area contributed by atoms with Crippen molar-refractivity contribution in [1.29, 1.82) is 0 Å². The smallest absolute Gasteiger partial charge is 0.118 e. The molecular formula is C25H22O. The molecule has 0 bridgehead atoms. The van der Waals surface area contributed by atoms with Crippen LogP contribution in [0.2, 0.25) is 0 Å². The Bertz CT molecular complexity index is 1060. The molecule has 128 valence electrons. The van der Waals surface area contributed by atoms with E-state index in [9.17, 15) is 0 Å². The van der Waals surface area contributed by atoms with Gasteiger partial charge in [0.2, 0.25) is 0 Å². The van der Waals surface area contributed by atoms with Crippen LogP contribution in [0.1, 0.15) is 11.1 Å². The average Bonchev–Trinajstić information content (AvgIpc) is 2.70. The largest absolute Gasteiger partial charge is 0.497 e. The number of rotatable bonds is 3. The molecule has 0 aliphatic carbocycles. The van der Waals surface area contributed by atoms with Gasteiger partial charge in [-0.15, -0.1) is 0 Å². The van der Waals surface area contributed by atoms with Crippen molar-refractivity contribution in [2.75, 3.05) is 7.11 Å². The minimum Gasteiger partial charge on any atom is -0.497 e. The first kappa shape index (κ1) is 16.4. The van der Waals surface area contributed by atoms with Crippen molar-refractivity contribution in [3.8, 4) is 28.0 Å². The molecule has 4 aromatic carbocycles. The van der Waals surface area contributed by atoms with Crippen molar-refractivity contribution in [3.63, 3.8) is 0 Å². The zero-order valence-electron chi connectivity index (χ0n) is 15.4. The molecule has 0 unspecified atom stereocenters. The van der Waals surface area contributed by atoms with Crippen molar-refractivity contribution in [2.45, 2.75) is 13.8 Å². The van der Waals surface area contributed by atoms with Crippen LogP contribution in [0.15, 0.2) is 78.9 Å². The van der Waals surface area contributed by atoms with Crippen LogP contribution in [-0.2, 0) is 0 Å². The average molecular weight is 338 g/mol. The maximum atomic E-state index is 5.32. The number of ether oxygens (including phenoxy) is 1. The van der Waals surface area contributed by atoms with Crippen LogP contribution in [0.4, 0.5) is 0 Å². The number of benzene rings is 4. The highest BCUT2D eigenvalue weighted by Gasteiger charge is 2.16. The molecule has 0 N–H and O–H groups in total. The van der Waals surface area contributed by atoms with Crippen LogP contribution in [0.5, 0.6) is 5.75 Å². The fourth-order valence-electron chi connectivity index (χ4n) is 3.80. The van der Waals surface area contributed by atoms with Gasteiger partial charge < -0.3 is 4.74 Å². The van der Waals surface area contributed by atoms with Gasteiger partial charge in [-0.3, -0.25) is 0 Å². The summed E-state index contributed by atoms with van der Waals surface area (Å²) >= 11 is 0. The van der Waals surface area contributed by atoms with E-state index in [1.165, 1.54) is 44.2 Å². The lowest BCUT2D eigenvalue weighted by Gasteiger charge is -2.19. The molecule has 0 atom stereocenters. The first-order valence-corrected chi connectivity index (χ1v) is 8.92. The van der Waals surface area contributed by atoms with Gasteiger partial charge in [-0.25, -0.2) is 0 Å². The molecule has 0 aromatic heterocycles. The molecule has 0 spiro atoms. The van der Waals surface area contributed by atoms with E-state index in [-0.39, 0.29) is 0 Å². The van der Waals surface area contributed by atoms with Crippen LogP contribution in [0, 0.1) is 13.8 Å². The molecule has 0 amide bonds. The molecule has 26 heavy (non-hydrogen) atoms. The summed E-state index contributed by atoms with van der Waals surface area (Å²) in [5.74, 6) is 0.883. The fourth-order valence-corrected chi connectivity index (χ4v) is 3.80. The van der Waals surface area contributed by atoms with Crippen molar-refractivity contribution in [2.24, 2.45) is 0 Å². The fraction of sp³-hybridized carbons (Fsp3) is 0.120. The van der Waals surface area contributed by atoms with Crippen LogP contribution in [0.3, 0.4) is 0 Å². The highest BCUT2D eigenvalue weighted by atomic mass is 16.5. The Kier molecular flexibility index (Phi) is 4.22. The minimum atomic E-state index is 0.883. The molecule has 1 nitrogen and oxygen atoms in total. The second-order valence-electron chi connectivity index (χ2n) is 6.64. The van der Waals surface area contributed by atoms with Crippen LogP contribution >= 0.6 is 0 Å². The lowest BCUT2D eigenvalue weighted by molar-refractivity contribution is 0.415. The van der Waals surface area contributed by atoms with E-state index in [2.05, 4.69) is 80.6 Å². The first-order valence-electron chi connectivity index (χ1n) is 8.92. The Labute approximate surface area is 154 Å². The Morgan fingerprint density at radius 1 is 0.538 bits per heavy atom. The normalized spacial score (nSPS) is 10.9. The third-order valence-electron chi connectivity index (χ3n) is 5.22. The monoisotopic (exact) mass is 338 g/mol. The van der Waals surface area contributed by atoms with E-state index in [0.717, 1.165) is 5.75 Å². The van der Waals surface area contributed by atoms with E-state index >= 15 is 0 Å². The van der Waals surface area contributed by atoms with Crippen LogP contribution < -0.4 is 4.74 Å². The van der Waals surface area contributed by atoms with Gasteiger partial charge in [0.15, 0.2) is 0 Å². The number of hydrogen-bond donors (Lipinski definition) is 0. The standard InChI is InChI=1S/C25H22O/c1-17-18(2)25(20-13-15-21(26-3)16-14-20)23-12-8-7-11-22(23)24(17)19-9-5-4-6-10-19/h4-16H,1-3H3. The summed E-state index contributed by atoms with van der Waals surface area (Å²) in [6.45, 7) is 4.46. The second-order valence-corrected chi connectivity index (χ2v) is 6.64. The molecule has 1 heteroatoms. The molecule has 0 saturated heterocycles. The SMILES string of the molecule is COc1ccc(-c2c(C)c(C)c(-c3ccccc3)c3ccccc23)cc1. The number of hydrogen-bond acceptors (Lipinski definition) is 1. The van der Waals surface area contributed by atoms with Crippen molar-refractivity contribution in [1.82, 2.24) is 0 Å². The Morgan fingerprint density at radius 3 is 1.50 bits per heavy atom. The van der Waals surface area contributed by atoms with Gasteiger partial charge in [-0.1, -0.05) is 66.7 Å². The zero-order valence-corrected chi connectivity index (χ0v) is 15.4. The summed E-state index contributed by atoms with van der Waals surface area (Å²) < 4.78 is 5.32. The van der Waals surface area contributed by atoms with Crippen molar-refractivity contribution < 1.29 is 4.74 Å². The van der Waals surface area contributed by atoms with Gasteiger partial charge >= 0.3 is 0 Å². The first-order chi connectivity index (χ1) is 12.7. The molecule has 0 saturated carbocycles. The van der Waals surface area contributed by atoms with E-state index in [4.69, 9.17) is 4.74 Å². The lowest BCUT2D eigenvalue weighted by Crippen LogP contribution is -1.95. The lowest BCUT2D eigenvalue weighted by atomic mass is 9.85. The molecule has 0 aliphatic rings. The molecule has 0 fully saturated rings. The van der Waals surface area contributed by atoms with Gasteiger partial charge in [0.25, 0.3) is 0 Å². The predicted octanol–water partition coefficient (Wildman–Crippen LogP) is 6.80. The Morgan fingerprint density at radius 2 is 1.00 bits per heavy atom. The van der Waals surface area contributed by atoms with Crippen LogP contribution in [0.25, 0.3) is 33.0 Å². The third-order valence-corrected chi connectivity index (χ3v) is 5.22. The molecule has 0 aliphatic heterocycles. The number of methoxy groups -OCH3 is 1. The van der Waals surface area contributed by atoms with E-state index in [1.54, 1.807) is 7.11 Å². The molecule has 4 aromatic rings. The minimum absolute atomic E-state index is 0.883. The Balaban J connectivity index is 2.06. The van der Waals surface area contributed by atoms with Gasteiger partial charge in [0.05, 0.1) is 7.11 Å². The summed E-state index contributed by atoms with van der Waals surface area (Å²) in [6, 6.07) is 27.7. The summed E-state index contributed by atoms with van der Waals surface area (Å²) in [6.07, 6.45) is 0. The van der Waals surface area contributed by atoms with Crippen molar-refractivity contribution >= 4 is 10.8 Å². The summed E-state index contributed by atoms with van der Waals surface area (Å²) in [7, 11) is 1.70. The topological polar surface area (TPSA) is 9.23 Å². The maximum Gasteiger partial charge on any atom is 0.118 e. The number of fused-ring (bicyclic) bond motifs is 1. The molecular weight excluding hydrogens is 316 g/mol. The van der Waals surface area contributed by atoms with Crippen molar-refractivity contribution in [3.05, 3.63) is 90.0 Å². The third kappa shape index (κ3) is 2.66. The summed E-state index contributed by atoms with van der Waals surface area (Å²) in [5, 5.41) is 2.59. The zero-order chi connectivity index (χ0) is 18.1. The highest BCUT2D eigenvalue weighted by molar-refractivity contribution is 6.07. The molecule has 0 heterocycles. The summed E-state index contributed by atoms with van der Waals surface area (Å²) in [5.41, 5.74) is 7.79. The Hall–Kier alpha value is -3.06. The maximum absolute atomic E-state index is 5.32. The summed E-state index contributed by atoms with van der Waals surface area (Å²) in [4.78, 5) is 0. The van der Waals surface area contributed by atoms with Gasteiger partial charge in [-0.05, 0) is 70.1 Å². The molecule has 0 radical (unpaired) electrons. The van der Waals surface area contributed by atoms with Gasteiger partial charge in [0.1, 0.15) is 5.75 Å². The highest BCUT2D eigenvalue weighted by Crippen LogP contribution is 2.41.